The van der Waals surface area contributed by atoms with Crippen LogP contribution in [0.1, 0.15) is 6.92 Å². The van der Waals surface area contributed by atoms with Crippen LogP contribution in [0.5, 0.6) is 0 Å². The molecule has 2 N–H and O–H groups in total. The third kappa shape index (κ3) is 4.76. The number of carbonyl (C=O) groups is 1. The summed E-state index contributed by atoms with van der Waals surface area (Å²) in [4.78, 5) is 11.6. The van der Waals surface area contributed by atoms with Gasteiger partial charge in [-0.1, -0.05) is 36.2 Å². The minimum atomic E-state index is -0.167. The van der Waals surface area contributed by atoms with Crippen LogP contribution < -0.4 is 5.32 Å². The van der Waals surface area contributed by atoms with Gasteiger partial charge in [0.05, 0.1) is 28.1 Å². The van der Waals surface area contributed by atoms with Gasteiger partial charge < -0.3 is 10.4 Å². The molecular formula is C11H13Cl2NO2S. The van der Waals surface area contributed by atoms with E-state index in [-0.39, 0.29) is 23.5 Å². The molecule has 1 amide bonds. The molecule has 6 heteroatoms. The van der Waals surface area contributed by atoms with E-state index in [0.29, 0.717) is 15.7 Å². The van der Waals surface area contributed by atoms with E-state index >= 15 is 0 Å². The van der Waals surface area contributed by atoms with E-state index in [1.807, 2.05) is 6.92 Å². The van der Waals surface area contributed by atoms with Crippen molar-refractivity contribution in [3.05, 3.63) is 28.2 Å². The highest BCUT2D eigenvalue weighted by atomic mass is 35.5. The van der Waals surface area contributed by atoms with Crippen LogP contribution in [-0.4, -0.2) is 28.6 Å². The van der Waals surface area contributed by atoms with Crippen molar-refractivity contribution in [2.24, 2.45) is 0 Å². The van der Waals surface area contributed by atoms with Gasteiger partial charge in [0, 0.05) is 5.25 Å². The first kappa shape index (κ1) is 14.6. The zero-order valence-corrected chi connectivity index (χ0v) is 11.6. The lowest BCUT2D eigenvalue weighted by Gasteiger charge is -2.09. The van der Waals surface area contributed by atoms with Gasteiger partial charge in [0.1, 0.15) is 0 Å². The summed E-state index contributed by atoms with van der Waals surface area (Å²) in [6.45, 7) is 1.90. The lowest BCUT2D eigenvalue weighted by Crippen LogP contribution is -2.17. The molecule has 1 atom stereocenters. The van der Waals surface area contributed by atoms with Crippen LogP contribution in [0.25, 0.3) is 0 Å². The Labute approximate surface area is 114 Å². The smallest absolute Gasteiger partial charge is 0.234 e. The van der Waals surface area contributed by atoms with Gasteiger partial charge in [0.25, 0.3) is 0 Å². The molecule has 0 saturated carbocycles. The van der Waals surface area contributed by atoms with Crippen LogP contribution >= 0.6 is 35.0 Å². The number of halogens is 2. The van der Waals surface area contributed by atoms with Gasteiger partial charge in [0.15, 0.2) is 0 Å². The van der Waals surface area contributed by atoms with Crippen molar-refractivity contribution >= 4 is 46.6 Å². The maximum atomic E-state index is 11.6. The fourth-order valence-electron chi connectivity index (χ4n) is 1.06. The standard InChI is InChI=1S/C11H13Cl2NO2S/c1-7(5-15)17-6-10(16)14-9-4-2-3-8(12)11(9)13/h2-4,7,15H,5-6H2,1H3,(H,14,16). The van der Waals surface area contributed by atoms with Crippen molar-refractivity contribution in [2.45, 2.75) is 12.2 Å². The Morgan fingerprint density at radius 2 is 2.24 bits per heavy atom. The summed E-state index contributed by atoms with van der Waals surface area (Å²) in [7, 11) is 0. The average Bonchev–Trinajstić information content (AvgIpc) is 2.32. The topological polar surface area (TPSA) is 49.3 Å². The van der Waals surface area contributed by atoms with Crippen molar-refractivity contribution in [1.82, 2.24) is 0 Å². The molecule has 0 aromatic heterocycles. The molecular weight excluding hydrogens is 281 g/mol. The summed E-state index contributed by atoms with van der Waals surface area (Å²) in [5.74, 6) is 0.101. The Kier molecular flexibility index (Phi) is 6.12. The third-order valence-electron chi connectivity index (χ3n) is 1.98. The molecule has 1 aromatic rings. The van der Waals surface area contributed by atoms with Crippen molar-refractivity contribution in [1.29, 1.82) is 0 Å². The number of amides is 1. The molecule has 0 bridgehead atoms. The van der Waals surface area contributed by atoms with Crippen LogP contribution in [0, 0.1) is 0 Å². The van der Waals surface area contributed by atoms with Crippen molar-refractivity contribution in [2.75, 3.05) is 17.7 Å². The first-order valence-corrected chi connectivity index (χ1v) is 6.81. The summed E-state index contributed by atoms with van der Waals surface area (Å²) in [5, 5.41) is 12.3. The van der Waals surface area contributed by atoms with Crippen LogP contribution in [0.4, 0.5) is 5.69 Å². The average molecular weight is 294 g/mol. The Morgan fingerprint density at radius 3 is 2.88 bits per heavy atom. The molecule has 0 aliphatic heterocycles. The van der Waals surface area contributed by atoms with E-state index < -0.39 is 0 Å². The number of rotatable bonds is 5. The molecule has 0 radical (unpaired) electrons. The van der Waals surface area contributed by atoms with Gasteiger partial charge in [0.2, 0.25) is 5.91 Å². The van der Waals surface area contributed by atoms with Crippen LogP contribution in [-0.2, 0) is 4.79 Å². The summed E-state index contributed by atoms with van der Waals surface area (Å²) < 4.78 is 0. The number of anilines is 1. The molecule has 0 aliphatic carbocycles. The second-order valence-electron chi connectivity index (χ2n) is 3.45. The molecule has 0 aliphatic rings. The number of hydrogen-bond donors (Lipinski definition) is 2. The number of carbonyl (C=O) groups excluding carboxylic acids is 1. The van der Waals surface area contributed by atoms with E-state index in [1.54, 1.807) is 18.2 Å². The van der Waals surface area contributed by atoms with E-state index in [2.05, 4.69) is 5.32 Å². The van der Waals surface area contributed by atoms with Crippen LogP contribution in [0.15, 0.2) is 18.2 Å². The molecule has 1 aromatic carbocycles. The normalized spacial score (nSPS) is 12.2. The number of benzene rings is 1. The van der Waals surface area contributed by atoms with Gasteiger partial charge in [-0.3, -0.25) is 4.79 Å². The molecule has 3 nitrogen and oxygen atoms in total. The van der Waals surface area contributed by atoms with Gasteiger partial charge in [-0.15, -0.1) is 11.8 Å². The Balaban J connectivity index is 2.54. The molecule has 0 spiro atoms. The predicted octanol–water partition coefficient (Wildman–Crippen LogP) is 3.05. The molecule has 1 rings (SSSR count). The monoisotopic (exact) mass is 293 g/mol. The second-order valence-corrected chi connectivity index (χ2v) is 5.67. The highest BCUT2D eigenvalue weighted by molar-refractivity contribution is 8.00. The van der Waals surface area contributed by atoms with Crippen LogP contribution in [0.3, 0.4) is 0 Å². The highest BCUT2D eigenvalue weighted by Crippen LogP contribution is 2.29. The number of aliphatic hydroxyl groups excluding tert-OH is 1. The molecule has 94 valence electrons. The number of thioether (sulfide) groups is 1. The summed E-state index contributed by atoms with van der Waals surface area (Å²) in [6.07, 6.45) is 0. The van der Waals surface area contributed by atoms with Crippen molar-refractivity contribution in [3.8, 4) is 0 Å². The predicted molar refractivity (Wildman–Crippen MR) is 74.1 cm³/mol. The van der Waals surface area contributed by atoms with Crippen molar-refractivity contribution < 1.29 is 9.90 Å². The van der Waals surface area contributed by atoms with Gasteiger partial charge >= 0.3 is 0 Å². The lowest BCUT2D eigenvalue weighted by molar-refractivity contribution is -0.113. The Bertz CT molecular complexity index is 401. The van der Waals surface area contributed by atoms with Crippen molar-refractivity contribution in [3.63, 3.8) is 0 Å². The second kappa shape index (κ2) is 7.11. The molecule has 1 unspecified atom stereocenters. The fraction of sp³-hybridized carbons (Fsp3) is 0.364. The molecule has 0 saturated heterocycles. The maximum Gasteiger partial charge on any atom is 0.234 e. The van der Waals surface area contributed by atoms with Gasteiger partial charge in [-0.25, -0.2) is 0 Å². The quantitative estimate of drug-likeness (QED) is 0.877. The fourth-order valence-corrected chi connectivity index (χ4v) is 2.02. The van der Waals surface area contributed by atoms with Gasteiger partial charge in [-0.05, 0) is 12.1 Å². The highest BCUT2D eigenvalue weighted by Gasteiger charge is 2.09. The summed E-state index contributed by atoms with van der Waals surface area (Å²) in [5.41, 5.74) is 0.501. The minimum absolute atomic E-state index is 0.0376. The Morgan fingerprint density at radius 1 is 1.53 bits per heavy atom. The zero-order chi connectivity index (χ0) is 12.8. The summed E-state index contributed by atoms with van der Waals surface area (Å²) in [6, 6.07) is 5.06. The van der Waals surface area contributed by atoms with E-state index in [9.17, 15) is 4.79 Å². The first-order chi connectivity index (χ1) is 8.04. The van der Waals surface area contributed by atoms with Gasteiger partial charge in [-0.2, -0.15) is 0 Å². The number of hydrogen-bond acceptors (Lipinski definition) is 3. The minimum Gasteiger partial charge on any atom is -0.395 e. The molecule has 17 heavy (non-hydrogen) atoms. The van der Waals surface area contributed by atoms with E-state index in [1.165, 1.54) is 11.8 Å². The third-order valence-corrected chi connectivity index (χ3v) is 3.95. The lowest BCUT2D eigenvalue weighted by atomic mass is 10.3. The summed E-state index contributed by atoms with van der Waals surface area (Å²) >= 11 is 13.1. The SMILES string of the molecule is CC(CO)SCC(=O)Nc1cccc(Cl)c1Cl. The van der Waals surface area contributed by atoms with E-state index in [4.69, 9.17) is 28.3 Å². The molecule has 0 heterocycles. The maximum absolute atomic E-state index is 11.6. The molecule has 0 fully saturated rings. The number of nitrogens with one attached hydrogen (secondary N) is 1. The first-order valence-electron chi connectivity index (χ1n) is 5.01. The van der Waals surface area contributed by atoms with E-state index in [0.717, 1.165) is 0 Å². The number of aliphatic hydroxyl groups is 1. The Hall–Kier alpha value is -0.420. The largest absolute Gasteiger partial charge is 0.395 e. The zero-order valence-electron chi connectivity index (χ0n) is 9.24. The van der Waals surface area contributed by atoms with Crippen LogP contribution in [0.2, 0.25) is 10.0 Å².